The summed E-state index contributed by atoms with van der Waals surface area (Å²) >= 11 is 0.944. The summed E-state index contributed by atoms with van der Waals surface area (Å²) in [7, 11) is -3.80. The van der Waals surface area contributed by atoms with Gasteiger partial charge in [-0.1, -0.05) is 29.0 Å². The van der Waals surface area contributed by atoms with Crippen LogP contribution in [0.25, 0.3) is 4.96 Å². The largest absolute Gasteiger partial charge is 0.383 e. The maximum absolute atomic E-state index is 11.5. The van der Waals surface area contributed by atoms with E-state index >= 15 is 0 Å². The highest BCUT2D eigenvalue weighted by atomic mass is 32.2. The van der Waals surface area contributed by atoms with E-state index in [0.29, 0.717) is 10.4 Å². The van der Waals surface area contributed by atoms with E-state index < -0.39 is 10.0 Å². The molecule has 0 aliphatic carbocycles. The van der Waals surface area contributed by atoms with Gasteiger partial charge >= 0.3 is 0 Å². The van der Waals surface area contributed by atoms with E-state index in [1.165, 1.54) is 6.20 Å². The SMILES string of the molecule is Cc1ccc(N=c2cc(N)nc3sc(S(N)(=O)=O)cn23)cc1. The summed E-state index contributed by atoms with van der Waals surface area (Å²) < 4.78 is 24.5. The molecule has 0 saturated carbocycles. The van der Waals surface area contributed by atoms with Gasteiger partial charge in [-0.3, -0.25) is 4.40 Å². The van der Waals surface area contributed by atoms with E-state index in [-0.39, 0.29) is 10.0 Å². The van der Waals surface area contributed by atoms with Crippen LogP contribution in [0.15, 0.2) is 45.7 Å². The fraction of sp³-hybridized carbons (Fsp3) is 0.0769. The van der Waals surface area contributed by atoms with Gasteiger partial charge < -0.3 is 5.73 Å². The molecule has 0 aliphatic rings. The average molecular weight is 335 g/mol. The predicted octanol–water partition coefficient (Wildman–Crippen LogP) is 1.17. The number of anilines is 1. The van der Waals surface area contributed by atoms with Crippen LogP contribution in [-0.4, -0.2) is 17.8 Å². The van der Waals surface area contributed by atoms with Gasteiger partial charge in [0.05, 0.1) is 5.69 Å². The molecule has 4 N–H and O–H groups in total. The van der Waals surface area contributed by atoms with Crippen molar-refractivity contribution in [3.8, 4) is 0 Å². The number of hydrogen-bond acceptors (Lipinski definition) is 6. The second-order valence-corrected chi connectivity index (χ2v) is 7.53. The maximum Gasteiger partial charge on any atom is 0.249 e. The van der Waals surface area contributed by atoms with Crippen molar-refractivity contribution in [1.29, 1.82) is 0 Å². The van der Waals surface area contributed by atoms with Crippen molar-refractivity contribution in [3.05, 3.63) is 47.6 Å². The zero-order chi connectivity index (χ0) is 15.9. The van der Waals surface area contributed by atoms with Gasteiger partial charge in [0.15, 0.2) is 9.17 Å². The highest BCUT2D eigenvalue weighted by Gasteiger charge is 2.14. The Morgan fingerprint density at radius 1 is 1.27 bits per heavy atom. The number of nitrogens with two attached hydrogens (primary N) is 2. The number of sulfonamides is 1. The minimum Gasteiger partial charge on any atom is -0.383 e. The molecule has 2 heterocycles. The number of nitrogen functional groups attached to an aromatic ring is 1. The Bertz CT molecular complexity index is 1020. The quantitative estimate of drug-likeness (QED) is 0.731. The monoisotopic (exact) mass is 335 g/mol. The van der Waals surface area contributed by atoms with Crippen LogP contribution in [0.5, 0.6) is 0 Å². The van der Waals surface area contributed by atoms with Crippen LogP contribution in [0.4, 0.5) is 11.5 Å². The molecule has 9 heteroatoms. The van der Waals surface area contributed by atoms with Gasteiger partial charge in [-0.25, -0.2) is 23.5 Å². The van der Waals surface area contributed by atoms with E-state index in [0.717, 1.165) is 22.6 Å². The van der Waals surface area contributed by atoms with Crippen molar-refractivity contribution < 1.29 is 8.42 Å². The number of rotatable bonds is 2. The fourth-order valence-corrected chi connectivity index (χ4v) is 3.55. The Kier molecular flexibility index (Phi) is 3.47. The standard InChI is InChI=1S/C13H13N5O2S2/c1-8-2-4-9(5-3-8)16-11-6-10(14)17-13-18(11)7-12(21-13)22(15,19)20/h2-7H,14H2,1H3,(H2,15,19,20). The van der Waals surface area contributed by atoms with Gasteiger partial charge in [0, 0.05) is 12.3 Å². The first-order valence-corrected chi connectivity index (χ1v) is 8.62. The molecule has 3 aromatic rings. The zero-order valence-corrected chi connectivity index (χ0v) is 13.2. The van der Waals surface area contributed by atoms with Gasteiger partial charge in [-0.15, -0.1) is 0 Å². The van der Waals surface area contributed by atoms with Crippen molar-refractivity contribution in [2.45, 2.75) is 11.1 Å². The van der Waals surface area contributed by atoms with E-state index in [2.05, 4.69) is 9.98 Å². The molecule has 0 saturated heterocycles. The van der Waals surface area contributed by atoms with Crippen LogP contribution in [-0.2, 0) is 10.0 Å². The topological polar surface area (TPSA) is 116 Å². The molecule has 0 unspecified atom stereocenters. The number of aryl methyl sites for hydroxylation is 1. The number of primary sulfonamides is 1. The number of thiazole rings is 1. The van der Waals surface area contributed by atoms with Crippen molar-refractivity contribution >= 4 is 37.8 Å². The Hall–Kier alpha value is -2.23. The van der Waals surface area contributed by atoms with Crippen molar-refractivity contribution in [1.82, 2.24) is 9.38 Å². The Labute approximate surface area is 130 Å². The second kappa shape index (κ2) is 5.20. The van der Waals surface area contributed by atoms with Gasteiger partial charge in [-0.2, -0.15) is 0 Å². The smallest absolute Gasteiger partial charge is 0.249 e. The van der Waals surface area contributed by atoms with Gasteiger partial charge in [0.1, 0.15) is 11.3 Å². The third-order valence-corrected chi connectivity index (χ3v) is 5.33. The summed E-state index contributed by atoms with van der Waals surface area (Å²) in [6.45, 7) is 1.98. The lowest BCUT2D eigenvalue weighted by Gasteiger charge is -1.98. The van der Waals surface area contributed by atoms with Crippen LogP contribution >= 0.6 is 11.3 Å². The Morgan fingerprint density at radius 2 is 1.95 bits per heavy atom. The first-order chi connectivity index (χ1) is 10.3. The number of nitrogens with zero attached hydrogens (tertiary/aromatic N) is 3. The number of hydrogen-bond donors (Lipinski definition) is 2. The Morgan fingerprint density at radius 3 is 2.59 bits per heavy atom. The van der Waals surface area contributed by atoms with Gasteiger partial charge in [-0.05, 0) is 19.1 Å². The van der Waals surface area contributed by atoms with Crippen LogP contribution in [0.3, 0.4) is 0 Å². The van der Waals surface area contributed by atoms with Gasteiger partial charge in [0.2, 0.25) is 10.0 Å². The van der Waals surface area contributed by atoms with E-state index in [1.54, 1.807) is 10.5 Å². The van der Waals surface area contributed by atoms with E-state index in [9.17, 15) is 8.42 Å². The zero-order valence-electron chi connectivity index (χ0n) is 11.6. The lowest BCUT2D eigenvalue weighted by Crippen LogP contribution is -2.15. The van der Waals surface area contributed by atoms with Crippen molar-refractivity contribution in [3.63, 3.8) is 0 Å². The predicted molar refractivity (Wildman–Crippen MR) is 85.3 cm³/mol. The molecule has 0 atom stereocenters. The third kappa shape index (κ3) is 2.86. The molecule has 0 spiro atoms. The summed E-state index contributed by atoms with van der Waals surface area (Å²) in [6, 6.07) is 9.19. The summed E-state index contributed by atoms with van der Waals surface area (Å²) in [4.78, 5) is 9.00. The van der Waals surface area contributed by atoms with Crippen LogP contribution < -0.4 is 16.4 Å². The summed E-state index contributed by atoms with van der Waals surface area (Å²) in [5.41, 5.74) is 8.10. The van der Waals surface area contributed by atoms with Crippen molar-refractivity contribution in [2.24, 2.45) is 10.1 Å². The Balaban J connectivity index is 2.28. The number of benzene rings is 1. The third-order valence-electron chi connectivity index (χ3n) is 2.94. The number of fused-ring (bicyclic) bond motifs is 1. The molecule has 1 aromatic carbocycles. The average Bonchev–Trinajstić information content (AvgIpc) is 2.85. The molecule has 0 radical (unpaired) electrons. The number of aromatic nitrogens is 2. The minimum absolute atomic E-state index is 0.00551. The lowest BCUT2D eigenvalue weighted by molar-refractivity contribution is 0.599. The molecular formula is C13H13N5O2S2. The highest BCUT2D eigenvalue weighted by molar-refractivity contribution is 7.91. The van der Waals surface area contributed by atoms with Crippen LogP contribution in [0, 0.1) is 6.92 Å². The summed E-state index contributed by atoms with van der Waals surface area (Å²) in [5, 5.41) is 5.16. The summed E-state index contributed by atoms with van der Waals surface area (Å²) in [6.07, 6.45) is 1.40. The highest BCUT2D eigenvalue weighted by Crippen LogP contribution is 2.19. The second-order valence-electron chi connectivity index (χ2n) is 4.73. The molecule has 3 rings (SSSR count). The molecule has 7 nitrogen and oxygen atoms in total. The molecule has 114 valence electrons. The molecule has 0 aliphatic heterocycles. The first kappa shape index (κ1) is 14.7. The first-order valence-electron chi connectivity index (χ1n) is 6.26. The van der Waals surface area contributed by atoms with Crippen molar-refractivity contribution in [2.75, 3.05) is 5.73 Å². The molecule has 0 fully saturated rings. The molecule has 2 aromatic heterocycles. The summed E-state index contributed by atoms with van der Waals surface area (Å²) in [5.74, 6) is 0.258. The molecule has 22 heavy (non-hydrogen) atoms. The normalized spacial score (nSPS) is 12.9. The molecule has 0 bridgehead atoms. The van der Waals surface area contributed by atoms with Crippen LogP contribution in [0.2, 0.25) is 0 Å². The lowest BCUT2D eigenvalue weighted by atomic mass is 10.2. The molecule has 0 amide bonds. The van der Waals surface area contributed by atoms with E-state index in [1.807, 2.05) is 31.2 Å². The maximum atomic E-state index is 11.5. The van der Waals surface area contributed by atoms with E-state index in [4.69, 9.17) is 10.9 Å². The van der Waals surface area contributed by atoms with Gasteiger partial charge in [0.25, 0.3) is 0 Å². The fourth-order valence-electron chi connectivity index (χ4n) is 1.88. The molecular weight excluding hydrogens is 322 g/mol. The minimum atomic E-state index is -3.80. The van der Waals surface area contributed by atoms with Crippen LogP contribution in [0.1, 0.15) is 5.56 Å².